The van der Waals surface area contributed by atoms with Gasteiger partial charge in [0.05, 0.1) is 5.69 Å². The molecule has 1 aromatic carbocycles. The third kappa shape index (κ3) is 4.30. The van der Waals surface area contributed by atoms with Crippen LogP contribution in [0.2, 0.25) is 0 Å². The van der Waals surface area contributed by atoms with Gasteiger partial charge < -0.3 is 10.6 Å². The number of urea groups is 1. The van der Waals surface area contributed by atoms with Crippen LogP contribution in [-0.2, 0) is 0 Å². The first-order chi connectivity index (χ1) is 7.69. The number of halogens is 3. The Morgan fingerprint density at radius 2 is 1.88 bits per heavy atom. The van der Waals surface area contributed by atoms with Gasteiger partial charge >= 0.3 is 6.03 Å². The van der Waals surface area contributed by atoms with Gasteiger partial charge in [0.15, 0.2) is 5.82 Å². The molecule has 0 fully saturated rings. The van der Waals surface area contributed by atoms with Crippen molar-refractivity contribution in [1.29, 1.82) is 0 Å². The van der Waals surface area contributed by atoms with Crippen LogP contribution in [0.3, 0.4) is 0 Å². The van der Waals surface area contributed by atoms with Gasteiger partial charge in [0, 0.05) is 16.1 Å². The summed E-state index contributed by atoms with van der Waals surface area (Å²) in [5.41, 5.74) is -0.527. The van der Waals surface area contributed by atoms with E-state index in [1.807, 2.05) is 0 Å². The van der Waals surface area contributed by atoms with E-state index in [1.165, 1.54) is 0 Å². The molecule has 0 atom stereocenters. The summed E-state index contributed by atoms with van der Waals surface area (Å²) in [5.74, 6) is -1.54. The Kier molecular flexibility index (Phi) is 4.08. The maximum absolute atomic E-state index is 13.4. The van der Waals surface area contributed by atoms with E-state index in [9.17, 15) is 13.6 Å². The van der Waals surface area contributed by atoms with Crippen LogP contribution >= 0.6 is 15.9 Å². The second-order valence-electron chi connectivity index (χ2n) is 4.57. The average Bonchev–Trinajstić information content (AvgIpc) is 2.08. The van der Waals surface area contributed by atoms with Crippen molar-refractivity contribution in [3.63, 3.8) is 0 Å². The molecule has 0 aliphatic heterocycles. The summed E-state index contributed by atoms with van der Waals surface area (Å²) < 4.78 is 26.4. The van der Waals surface area contributed by atoms with Gasteiger partial charge in [0.25, 0.3) is 0 Å². The lowest BCUT2D eigenvalue weighted by Gasteiger charge is -2.21. The Labute approximate surface area is 107 Å². The van der Waals surface area contributed by atoms with E-state index in [-0.39, 0.29) is 10.2 Å². The zero-order valence-corrected chi connectivity index (χ0v) is 11.3. The second kappa shape index (κ2) is 5.00. The molecule has 0 radical (unpaired) electrons. The summed E-state index contributed by atoms with van der Waals surface area (Å²) >= 11 is 2.98. The highest BCUT2D eigenvalue weighted by molar-refractivity contribution is 9.10. The average molecular weight is 307 g/mol. The number of nitrogens with one attached hydrogen (secondary N) is 2. The van der Waals surface area contributed by atoms with Crippen molar-refractivity contribution in [2.45, 2.75) is 26.3 Å². The summed E-state index contributed by atoms with van der Waals surface area (Å²) in [7, 11) is 0. The molecule has 0 heterocycles. The summed E-state index contributed by atoms with van der Waals surface area (Å²) in [6, 6.07) is 1.23. The van der Waals surface area contributed by atoms with Crippen molar-refractivity contribution in [3.8, 4) is 0 Å². The molecule has 0 saturated carbocycles. The minimum Gasteiger partial charge on any atom is -0.333 e. The number of hydrogen-bond donors (Lipinski definition) is 2. The van der Waals surface area contributed by atoms with E-state index < -0.39 is 23.2 Å². The monoisotopic (exact) mass is 306 g/mol. The molecule has 0 aliphatic rings. The number of carbonyl (C=O) groups is 1. The van der Waals surface area contributed by atoms with Crippen LogP contribution in [0.1, 0.15) is 20.8 Å². The van der Waals surface area contributed by atoms with Crippen LogP contribution in [0.4, 0.5) is 19.3 Å². The third-order valence-electron chi connectivity index (χ3n) is 1.73. The first-order valence-electron chi connectivity index (χ1n) is 4.93. The number of carbonyl (C=O) groups excluding carboxylic acids is 1. The van der Waals surface area contributed by atoms with Gasteiger partial charge in [-0.3, -0.25) is 0 Å². The van der Waals surface area contributed by atoms with Crippen LogP contribution in [-0.4, -0.2) is 11.6 Å². The van der Waals surface area contributed by atoms with Crippen molar-refractivity contribution in [3.05, 3.63) is 28.2 Å². The fourth-order valence-electron chi connectivity index (χ4n) is 1.15. The summed E-state index contributed by atoms with van der Waals surface area (Å²) in [4.78, 5) is 11.5. The molecule has 0 aromatic heterocycles. The van der Waals surface area contributed by atoms with Gasteiger partial charge in [-0.05, 0) is 42.8 Å². The normalized spacial score (nSPS) is 11.2. The lowest BCUT2D eigenvalue weighted by Crippen LogP contribution is -2.43. The molecule has 94 valence electrons. The van der Waals surface area contributed by atoms with E-state index in [0.717, 1.165) is 6.07 Å². The number of anilines is 1. The van der Waals surface area contributed by atoms with Gasteiger partial charge in [0.2, 0.25) is 0 Å². The molecular formula is C11H13BrF2N2O. The standard InChI is InChI=1S/C11H13BrF2N2O/c1-11(2,3)16-10(17)15-9-7(12)4-6(13)5-8(9)14/h4-5H,1-3H3,(H2,15,16,17). The Balaban J connectivity index is 2.86. The lowest BCUT2D eigenvalue weighted by molar-refractivity contribution is 0.243. The molecule has 17 heavy (non-hydrogen) atoms. The highest BCUT2D eigenvalue weighted by Crippen LogP contribution is 2.26. The molecule has 0 spiro atoms. The second-order valence-corrected chi connectivity index (χ2v) is 5.43. The molecule has 1 aromatic rings. The molecule has 0 saturated heterocycles. The molecule has 2 N–H and O–H groups in total. The molecule has 3 nitrogen and oxygen atoms in total. The lowest BCUT2D eigenvalue weighted by atomic mass is 10.1. The maximum Gasteiger partial charge on any atom is 0.319 e. The van der Waals surface area contributed by atoms with E-state index in [0.29, 0.717) is 6.07 Å². The van der Waals surface area contributed by atoms with E-state index in [4.69, 9.17) is 0 Å². The van der Waals surface area contributed by atoms with Crippen LogP contribution in [0.15, 0.2) is 16.6 Å². The van der Waals surface area contributed by atoms with E-state index in [1.54, 1.807) is 20.8 Å². The number of hydrogen-bond acceptors (Lipinski definition) is 1. The highest BCUT2D eigenvalue weighted by Gasteiger charge is 2.17. The van der Waals surface area contributed by atoms with Crippen molar-refractivity contribution in [1.82, 2.24) is 5.32 Å². The predicted octanol–water partition coefficient (Wildman–Crippen LogP) is 3.65. The topological polar surface area (TPSA) is 41.1 Å². The third-order valence-corrected chi connectivity index (χ3v) is 2.36. The summed E-state index contributed by atoms with van der Waals surface area (Å²) in [5, 5.41) is 4.93. The van der Waals surface area contributed by atoms with Crippen molar-refractivity contribution < 1.29 is 13.6 Å². The largest absolute Gasteiger partial charge is 0.333 e. The summed E-state index contributed by atoms with van der Waals surface area (Å²) in [6.45, 7) is 5.38. The van der Waals surface area contributed by atoms with Crippen LogP contribution < -0.4 is 10.6 Å². The van der Waals surface area contributed by atoms with Gasteiger partial charge in [-0.25, -0.2) is 13.6 Å². The number of rotatable bonds is 1. The fourth-order valence-corrected chi connectivity index (χ4v) is 1.65. The Morgan fingerprint density at radius 3 is 2.35 bits per heavy atom. The number of benzene rings is 1. The summed E-state index contributed by atoms with van der Waals surface area (Å²) in [6.07, 6.45) is 0. The quantitative estimate of drug-likeness (QED) is 0.817. The molecule has 0 bridgehead atoms. The smallest absolute Gasteiger partial charge is 0.319 e. The van der Waals surface area contributed by atoms with Gasteiger partial charge in [-0.2, -0.15) is 0 Å². The first kappa shape index (κ1) is 13.9. The van der Waals surface area contributed by atoms with Crippen molar-refractivity contribution >= 4 is 27.6 Å². The Hall–Kier alpha value is -1.17. The van der Waals surface area contributed by atoms with Crippen LogP contribution in [0, 0.1) is 11.6 Å². The minimum atomic E-state index is -0.832. The fraction of sp³-hybridized carbons (Fsp3) is 0.364. The van der Waals surface area contributed by atoms with E-state index >= 15 is 0 Å². The van der Waals surface area contributed by atoms with Crippen molar-refractivity contribution in [2.75, 3.05) is 5.32 Å². The maximum atomic E-state index is 13.4. The Morgan fingerprint density at radius 1 is 1.29 bits per heavy atom. The minimum absolute atomic E-state index is 0.0897. The first-order valence-corrected chi connectivity index (χ1v) is 5.72. The van der Waals surface area contributed by atoms with Crippen LogP contribution in [0.5, 0.6) is 0 Å². The van der Waals surface area contributed by atoms with Gasteiger partial charge in [0.1, 0.15) is 5.82 Å². The zero-order valence-electron chi connectivity index (χ0n) is 9.70. The molecule has 0 aliphatic carbocycles. The Bertz CT molecular complexity index is 421. The predicted molar refractivity (Wildman–Crippen MR) is 66.0 cm³/mol. The molecule has 2 amide bonds. The SMILES string of the molecule is CC(C)(C)NC(=O)Nc1c(F)cc(F)cc1Br. The van der Waals surface area contributed by atoms with E-state index in [2.05, 4.69) is 26.6 Å². The number of amides is 2. The van der Waals surface area contributed by atoms with Crippen LogP contribution in [0.25, 0.3) is 0 Å². The highest BCUT2D eigenvalue weighted by atomic mass is 79.9. The molecular weight excluding hydrogens is 294 g/mol. The molecule has 0 unspecified atom stereocenters. The van der Waals surface area contributed by atoms with Crippen molar-refractivity contribution in [2.24, 2.45) is 0 Å². The zero-order chi connectivity index (χ0) is 13.2. The molecule has 1 rings (SSSR count). The molecule has 6 heteroatoms. The van der Waals surface area contributed by atoms with Gasteiger partial charge in [-0.1, -0.05) is 0 Å². The van der Waals surface area contributed by atoms with Gasteiger partial charge in [-0.15, -0.1) is 0 Å².